The number of aryl methyl sites for hydroxylation is 1. The van der Waals surface area contributed by atoms with Crippen LogP contribution in [0.15, 0.2) is 15.8 Å². The lowest BCUT2D eigenvalue weighted by Gasteiger charge is -2.22. The van der Waals surface area contributed by atoms with Gasteiger partial charge in [-0.05, 0) is 6.92 Å². The summed E-state index contributed by atoms with van der Waals surface area (Å²) in [5.74, 6) is 0. The molecule has 1 saturated heterocycles. The first kappa shape index (κ1) is 18.8. The maximum atomic E-state index is 12.1. The molecular formula is C13H21N3O7S. The van der Waals surface area contributed by atoms with E-state index in [0.29, 0.717) is 5.56 Å². The van der Waals surface area contributed by atoms with Crippen molar-refractivity contribution in [1.29, 1.82) is 0 Å². The van der Waals surface area contributed by atoms with E-state index in [1.54, 1.807) is 6.92 Å². The number of methoxy groups -OCH3 is 2. The molecule has 0 aliphatic carbocycles. The monoisotopic (exact) mass is 363 g/mol. The second kappa shape index (κ2) is 7.15. The Morgan fingerprint density at radius 2 is 1.92 bits per heavy atom. The Morgan fingerprint density at radius 3 is 2.46 bits per heavy atom. The molecule has 1 aromatic heterocycles. The highest BCUT2D eigenvalue weighted by Crippen LogP contribution is 2.32. The smallest absolute Gasteiger partial charge is 0.330 e. The molecule has 0 saturated carbocycles. The zero-order chi connectivity index (χ0) is 18.1. The third-order valence-corrected chi connectivity index (χ3v) is 4.49. The molecule has 10 nitrogen and oxygen atoms in total. The van der Waals surface area contributed by atoms with Crippen molar-refractivity contribution in [3.05, 3.63) is 32.6 Å². The second-order valence-corrected chi connectivity index (χ2v) is 7.40. The van der Waals surface area contributed by atoms with Crippen molar-refractivity contribution in [2.75, 3.05) is 27.0 Å². The predicted octanol–water partition coefficient (Wildman–Crippen LogP) is -1.68. The van der Waals surface area contributed by atoms with Gasteiger partial charge in [-0.3, -0.25) is 14.3 Å². The lowest BCUT2D eigenvalue weighted by molar-refractivity contribution is -0.0553. The highest BCUT2D eigenvalue weighted by Gasteiger charge is 2.46. The Bertz CT molecular complexity index is 801. The summed E-state index contributed by atoms with van der Waals surface area (Å²) < 4.78 is 42.7. The average molecular weight is 363 g/mol. The van der Waals surface area contributed by atoms with Gasteiger partial charge in [-0.15, -0.1) is 0 Å². The topological polar surface area (TPSA) is 129 Å². The molecule has 0 radical (unpaired) electrons. The summed E-state index contributed by atoms with van der Waals surface area (Å²) in [4.78, 5) is 25.8. The summed E-state index contributed by atoms with van der Waals surface area (Å²) in [6.07, 6.45) is -0.396. The number of nitrogens with one attached hydrogen (secondary N) is 2. The molecule has 1 aliphatic heterocycles. The molecule has 2 heterocycles. The van der Waals surface area contributed by atoms with E-state index in [2.05, 4.69) is 9.71 Å². The highest BCUT2D eigenvalue weighted by molar-refractivity contribution is 7.88. The summed E-state index contributed by atoms with van der Waals surface area (Å²) in [6.45, 7) is 1.52. The SMILES string of the molecule is CO[C@@H]1[C@H](OC)[C@@H](CNS(C)(=O)=O)O[C@H]1n1cc(C)c(=O)[nH]c1=O. The number of ether oxygens (including phenoxy) is 3. The van der Waals surface area contributed by atoms with Gasteiger partial charge >= 0.3 is 5.69 Å². The Labute approximate surface area is 138 Å². The van der Waals surface area contributed by atoms with E-state index in [1.807, 2.05) is 0 Å². The van der Waals surface area contributed by atoms with Gasteiger partial charge in [-0.1, -0.05) is 0 Å². The summed E-state index contributed by atoms with van der Waals surface area (Å²) in [6, 6.07) is 0. The first-order valence-corrected chi connectivity index (χ1v) is 9.05. The molecule has 4 atom stereocenters. The van der Waals surface area contributed by atoms with Crippen molar-refractivity contribution < 1.29 is 22.6 Å². The third-order valence-electron chi connectivity index (χ3n) is 3.80. The van der Waals surface area contributed by atoms with Crippen LogP contribution in [0.4, 0.5) is 0 Å². The fourth-order valence-corrected chi connectivity index (χ4v) is 3.11. The normalized spacial score (nSPS) is 27.5. The van der Waals surface area contributed by atoms with Crippen molar-refractivity contribution >= 4 is 10.0 Å². The molecule has 1 aromatic rings. The lowest BCUT2D eigenvalue weighted by atomic mass is 10.1. The number of aromatic nitrogens is 2. The van der Waals surface area contributed by atoms with Crippen LogP contribution >= 0.6 is 0 Å². The molecule has 1 fully saturated rings. The van der Waals surface area contributed by atoms with E-state index in [1.165, 1.54) is 25.0 Å². The summed E-state index contributed by atoms with van der Waals surface area (Å²) >= 11 is 0. The van der Waals surface area contributed by atoms with Gasteiger partial charge in [-0.2, -0.15) is 0 Å². The van der Waals surface area contributed by atoms with Crippen molar-refractivity contribution in [1.82, 2.24) is 14.3 Å². The Hall–Kier alpha value is -1.53. The molecule has 2 rings (SSSR count). The van der Waals surface area contributed by atoms with Gasteiger partial charge in [-0.25, -0.2) is 17.9 Å². The Kier molecular flexibility index (Phi) is 5.60. The number of H-pyrrole nitrogens is 1. The molecular weight excluding hydrogens is 342 g/mol. The van der Waals surface area contributed by atoms with Crippen LogP contribution in [-0.2, 0) is 24.2 Å². The number of rotatable bonds is 6. The van der Waals surface area contributed by atoms with Crippen LogP contribution in [0.25, 0.3) is 0 Å². The molecule has 1 aliphatic rings. The minimum atomic E-state index is -3.41. The first-order chi connectivity index (χ1) is 11.2. The fraction of sp³-hybridized carbons (Fsp3) is 0.692. The van der Waals surface area contributed by atoms with Crippen molar-refractivity contribution in [2.45, 2.75) is 31.5 Å². The average Bonchev–Trinajstić information content (AvgIpc) is 2.85. The number of hydrogen-bond donors (Lipinski definition) is 2. The summed E-state index contributed by atoms with van der Waals surface area (Å²) in [5, 5.41) is 0. The van der Waals surface area contributed by atoms with Crippen LogP contribution in [0.2, 0.25) is 0 Å². The maximum absolute atomic E-state index is 12.1. The zero-order valence-electron chi connectivity index (χ0n) is 13.8. The maximum Gasteiger partial charge on any atom is 0.330 e. The summed E-state index contributed by atoms with van der Waals surface area (Å²) in [5.41, 5.74) is -0.800. The summed E-state index contributed by atoms with van der Waals surface area (Å²) in [7, 11) is -0.538. The van der Waals surface area contributed by atoms with Crippen molar-refractivity contribution in [3.8, 4) is 0 Å². The standard InChI is InChI=1S/C13H21N3O7S/c1-7-6-16(13(18)15-11(7)17)12-10(22-3)9(21-2)8(23-12)5-14-24(4,19)20/h6,8-10,12,14H,5H2,1-4H3,(H,15,17,18)/t8-,9-,10-,12-/m1/s1. The van der Waals surface area contributed by atoms with Crippen LogP contribution in [0.1, 0.15) is 11.8 Å². The molecule has 11 heteroatoms. The van der Waals surface area contributed by atoms with E-state index >= 15 is 0 Å². The minimum absolute atomic E-state index is 0.0369. The number of aromatic amines is 1. The van der Waals surface area contributed by atoms with E-state index in [4.69, 9.17) is 14.2 Å². The largest absolute Gasteiger partial charge is 0.376 e. The first-order valence-electron chi connectivity index (χ1n) is 7.15. The van der Waals surface area contributed by atoms with E-state index in [9.17, 15) is 18.0 Å². The van der Waals surface area contributed by atoms with E-state index in [0.717, 1.165) is 6.26 Å². The minimum Gasteiger partial charge on any atom is -0.376 e. The van der Waals surface area contributed by atoms with Gasteiger partial charge in [0.2, 0.25) is 10.0 Å². The molecule has 0 aromatic carbocycles. The predicted molar refractivity (Wildman–Crippen MR) is 84.4 cm³/mol. The van der Waals surface area contributed by atoms with Crippen molar-refractivity contribution in [2.24, 2.45) is 0 Å². The molecule has 136 valence electrons. The lowest BCUT2D eigenvalue weighted by Crippen LogP contribution is -2.42. The van der Waals surface area contributed by atoms with Crippen LogP contribution in [-0.4, -0.2) is 63.3 Å². The number of hydrogen-bond acceptors (Lipinski definition) is 7. The highest BCUT2D eigenvalue weighted by atomic mass is 32.2. The molecule has 24 heavy (non-hydrogen) atoms. The van der Waals surface area contributed by atoms with Crippen LogP contribution in [0.5, 0.6) is 0 Å². The number of nitrogens with zero attached hydrogens (tertiary/aromatic N) is 1. The van der Waals surface area contributed by atoms with E-state index < -0.39 is 45.8 Å². The zero-order valence-corrected chi connectivity index (χ0v) is 14.6. The molecule has 0 unspecified atom stereocenters. The molecule has 0 amide bonds. The van der Waals surface area contributed by atoms with Gasteiger partial charge in [0, 0.05) is 32.5 Å². The van der Waals surface area contributed by atoms with Gasteiger partial charge in [0.05, 0.1) is 6.26 Å². The van der Waals surface area contributed by atoms with Crippen molar-refractivity contribution in [3.63, 3.8) is 0 Å². The van der Waals surface area contributed by atoms with Gasteiger partial charge in [0.25, 0.3) is 5.56 Å². The quantitative estimate of drug-likeness (QED) is 0.618. The van der Waals surface area contributed by atoms with Crippen LogP contribution < -0.4 is 16.0 Å². The van der Waals surface area contributed by atoms with E-state index in [-0.39, 0.29) is 6.54 Å². The van der Waals surface area contributed by atoms with Gasteiger partial charge in [0.15, 0.2) is 6.23 Å². The fourth-order valence-electron chi connectivity index (χ4n) is 2.64. The van der Waals surface area contributed by atoms with Gasteiger partial charge in [0.1, 0.15) is 18.3 Å². The molecule has 0 spiro atoms. The van der Waals surface area contributed by atoms with Crippen LogP contribution in [0.3, 0.4) is 0 Å². The molecule has 0 bridgehead atoms. The van der Waals surface area contributed by atoms with Gasteiger partial charge < -0.3 is 14.2 Å². The second-order valence-electron chi connectivity index (χ2n) is 5.57. The Morgan fingerprint density at radius 1 is 1.29 bits per heavy atom. The number of sulfonamides is 1. The van der Waals surface area contributed by atoms with Crippen LogP contribution in [0, 0.1) is 6.92 Å². The third kappa shape index (κ3) is 3.92. The Balaban J connectivity index is 2.35. The molecule has 2 N–H and O–H groups in total.